The van der Waals surface area contributed by atoms with Crippen LogP contribution in [0.15, 0.2) is 30.3 Å². The van der Waals surface area contributed by atoms with Crippen molar-refractivity contribution >= 4 is 5.91 Å². The fourth-order valence-corrected chi connectivity index (χ4v) is 2.97. The summed E-state index contributed by atoms with van der Waals surface area (Å²) in [7, 11) is 0. The van der Waals surface area contributed by atoms with E-state index in [1.807, 2.05) is 23.1 Å². The molecule has 1 aliphatic carbocycles. The third-order valence-corrected chi connectivity index (χ3v) is 4.49. The molecule has 0 radical (unpaired) electrons. The summed E-state index contributed by atoms with van der Waals surface area (Å²) in [6.07, 6.45) is 1.62. The van der Waals surface area contributed by atoms with Crippen molar-refractivity contribution < 1.29 is 9.90 Å². The first-order valence-electron chi connectivity index (χ1n) is 6.87. The third-order valence-electron chi connectivity index (χ3n) is 4.49. The Kier molecular flexibility index (Phi) is 3.07. The van der Waals surface area contributed by atoms with Crippen molar-refractivity contribution in [3.8, 4) is 0 Å². The zero-order chi connectivity index (χ0) is 13.5. The lowest BCUT2D eigenvalue weighted by Gasteiger charge is -2.21. The van der Waals surface area contributed by atoms with Gasteiger partial charge in [0.2, 0.25) is 5.91 Å². The number of nitrogens with zero attached hydrogens (tertiary/aromatic N) is 1. The number of benzene rings is 1. The number of nitrogens with two attached hydrogens (primary N) is 1. The zero-order valence-corrected chi connectivity index (χ0v) is 11.0. The number of carbonyl (C=O) groups excluding carboxylic acids is 1. The van der Waals surface area contributed by atoms with Gasteiger partial charge in [-0.25, -0.2) is 0 Å². The van der Waals surface area contributed by atoms with Gasteiger partial charge in [-0.05, 0) is 18.4 Å². The Labute approximate surface area is 113 Å². The molecule has 1 aromatic rings. The highest BCUT2D eigenvalue weighted by atomic mass is 16.3. The molecule has 0 unspecified atom stereocenters. The standard InChI is InChI=1S/C15H20N2O2/c16-13-9-17(14(19)15(10-18)6-7-15)8-12(13)11-4-2-1-3-5-11/h1-5,12-13,18H,6-10,16H2/t12-,13+/m1/s1. The average Bonchev–Trinajstić information content (AvgIpc) is 3.16. The van der Waals surface area contributed by atoms with Crippen molar-refractivity contribution in [2.24, 2.45) is 11.1 Å². The fraction of sp³-hybridized carbons (Fsp3) is 0.533. The van der Waals surface area contributed by atoms with Crippen molar-refractivity contribution in [3.63, 3.8) is 0 Å². The molecular formula is C15H20N2O2. The number of rotatable bonds is 3. The molecule has 1 amide bonds. The first-order chi connectivity index (χ1) is 9.16. The molecule has 2 fully saturated rings. The van der Waals surface area contributed by atoms with Crippen LogP contribution in [0.25, 0.3) is 0 Å². The lowest BCUT2D eigenvalue weighted by molar-refractivity contribution is -0.137. The van der Waals surface area contributed by atoms with E-state index in [-0.39, 0.29) is 24.5 Å². The molecular weight excluding hydrogens is 240 g/mol. The maximum atomic E-state index is 12.4. The van der Waals surface area contributed by atoms with Crippen LogP contribution < -0.4 is 5.73 Å². The van der Waals surface area contributed by atoms with Crippen LogP contribution >= 0.6 is 0 Å². The van der Waals surface area contributed by atoms with Crippen LogP contribution in [-0.2, 0) is 4.79 Å². The van der Waals surface area contributed by atoms with E-state index < -0.39 is 5.41 Å². The van der Waals surface area contributed by atoms with E-state index in [0.717, 1.165) is 12.8 Å². The predicted molar refractivity (Wildman–Crippen MR) is 72.5 cm³/mol. The smallest absolute Gasteiger partial charge is 0.231 e. The van der Waals surface area contributed by atoms with Gasteiger partial charge in [-0.15, -0.1) is 0 Å². The molecule has 2 aliphatic rings. The first kappa shape index (κ1) is 12.6. The zero-order valence-electron chi connectivity index (χ0n) is 11.0. The van der Waals surface area contributed by atoms with Crippen molar-refractivity contribution in [2.45, 2.75) is 24.8 Å². The van der Waals surface area contributed by atoms with Gasteiger partial charge in [0.25, 0.3) is 0 Å². The Morgan fingerprint density at radius 3 is 2.58 bits per heavy atom. The Morgan fingerprint density at radius 1 is 1.32 bits per heavy atom. The predicted octanol–water partition coefficient (Wildman–Crippen LogP) is 0.712. The van der Waals surface area contributed by atoms with Gasteiger partial charge >= 0.3 is 0 Å². The summed E-state index contributed by atoms with van der Waals surface area (Å²) in [5, 5.41) is 9.36. The van der Waals surface area contributed by atoms with Gasteiger partial charge in [0.15, 0.2) is 0 Å². The average molecular weight is 260 g/mol. The molecule has 1 heterocycles. The number of likely N-dealkylation sites (tertiary alicyclic amines) is 1. The van der Waals surface area contributed by atoms with Gasteiger partial charge in [0.05, 0.1) is 12.0 Å². The van der Waals surface area contributed by atoms with E-state index in [0.29, 0.717) is 13.1 Å². The number of amides is 1. The molecule has 102 valence electrons. The lowest BCUT2D eigenvalue weighted by atomic mass is 9.95. The normalized spacial score (nSPS) is 28.4. The molecule has 4 heteroatoms. The van der Waals surface area contributed by atoms with E-state index >= 15 is 0 Å². The molecule has 0 bridgehead atoms. The van der Waals surface area contributed by atoms with Crippen LogP contribution in [0.5, 0.6) is 0 Å². The Bertz CT molecular complexity index is 470. The van der Waals surface area contributed by atoms with Gasteiger partial charge in [0.1, 0.15) is 0 Å². The summed E-state index contributed by atoms with van der Waals surface area (Å²) in [5.74, 6) is 0.295. The minimum absolute atomic E-state index is 0.0131. The molecule has 4 nitrogen and oxygen atoms in total. The molecule has 19 heavy (non-hydrogen) atoms. The number of hydrogen-bond donors (Lipinski definition) is 2. The molecule has 1 saturated heterocycles. The van der Waals surface area contributed by atoms with Crippen molar-refractivity contribution in [1.29, 1.82) is 0 Å². The van der Waals surface area contributed by atoms with Gasteiger partial charge < -0.3 is 15.7 Å². The van der Waals surface area contributed by atoms with Gasteiger partial charge in [-0.1, -0.05) is 30.3 Å². The van der Waals surface area contributed by atoms with Crippen molar-refractivity contribution in [3.05, 3.63) is 35.9 Å². The molecule has 1 saturated carbocycles. The van der Waals surface area contributed by atoms with E-state index in [2.05, 4.69) is 12.1 Å². The quantitative estimate of drug-likeness (QED) is 0.841. The summed E-state index contributed by atoms with van der Waals surface area (Å²) in [6.45, 7) is 1.24. The molecule has 3 N–H and O–H groups in total. The summed E-state index contributed by atoms with van der Waals surface area (Å²) < 4.78 is 0. The molecule has 3 rings (SSSR count). The van der Waals surface area contributed by atoms with E-state index in [4.69, 9.17) is 5.73 Å². The van der Waals surface area contributed by atoms with E-state index in [1.165, 1.54) is 5.56 Å². The summed E-state index contributed by atoms with van der Waals surface area (Å²) in [5.41, 5.74) is 6.90. The van der Waals surface area contributed by atoms with E-state index in [9.17, 15) is 9.90 Å². The number of aliphatic hydroxyl groups is 1. The maximum Gasteiger partial charge on any atom is 0.231 e. The topological polar surface area (TPSA) is 66.6 Å². The van der Waals surface area contributed by atoms with Gasteiger partial charge in [-0.3, -0.25) is 4.79 Å². The minimum atomic E-state index is -0.481. The second kappa shape index (κ2) is 4.62. The Hall–Kier alpha value is -1.39. The summed E-state index contributed by atoms with van der Waals surface area (Å²) >= 11 is 0. The third kappa shape index (κ3) is 2.15. The van der Waals surface area contributed by atoms with Crippen LogP contribution in [0.1, 0.15) is 24.3 Å². The van der Waals surface area contributed by atoms with Gasteiger partial charge in [-0.2, -0.15) is 0 Å². The molecule has 0 spiro atoms. The monoisotopic (exact) mass is 260 g/mol. The molecule has 0 aromatic heterocycles. The summed E-state index contributed by atoms with van der Waals surface area (Å²) in [6, 6.07) is 10.1. The highest BCUT2D eigenvalue weighted by Gasteiger charge is 2.52. The van der Waals surface area contributed by atoms with Crippen molar-refractivity contribution in [1.82, 2.24) is 4.90 Å². The highest BCUT2D eigenvalue weighted by molar-refractivity contribution is 5.86. The van der Waals surface area contributed by atoms with E-state index in [1.54, 1.807) is 0 Å². The van der Waals surface area contributed by atoms with Gasteiger partial charge in [0, 0.05) is 25.0 Å². The van der Waals surface area contributed by atoms with Crippen LogP contribution in [0.4, 0.5) is 0 Å². The molecule has 2 atom stereocenters. The first-order valence-corrected chi connectivity index (χ1v) is 6.87. The van der Waals surface area contributed by atoms with Crippen molar-refractivity contribution in [2.75, 3.05) is 19.7 Å². The summed E-state index contributed by atoms with van der Waals surface area (Å²) in [4.78, 5) is 14.2. The minimum Gasteiger partial charge on any atom is -0.395 e. The number of aliphatic hydroxyl groups excluding tert-OH is 1. The number of carbonyl (C=O) groups is 1. The van der Waals surface area contributed by atoms with Crippen LogP contribution in [0.2, 0.25) is 0 Å². The van der Waals surface area contributed by atoms with Crippen LogP contribution in [0, 0.1) is 5.41 Å². The maximum absolute atomic E-state index is 12.4. The largest absolute Gasteiger partial charge is 0.395 e. The second-order valence-electron chi connectivity index (χ2n) is 5.83. The van der Waals surface area contributed by atoms with Crippen LogP contribution in [0.3, 0.4) is 0 Å². The van der Waals surface area contributed by atoms with Crippen LogP contribution in [-0.4, -0.2) is 41.7 Å². The number of hydrogen-bond acceptors (Lipinski definition) is 3. The Balaban J connectivity index is 1.74. The highest BCUT2D eigenvalue weighted by Crippen LogP contribution is 2.47. The second-order valence-corrected chi connectivity index (χ2v) is 5.83. The fourth-order valence-electron chi connectivity index (χ4n) is 2.97. The molecule has 1 aromatic carbocycles. The molecule has 1 aliphatic heterocycles. The SMILES string of the molecule is N[C@H]1CN(C(=O)C2(CO)CC2)C[C@@H]1c1ccccc1. The Morgan fingerprint density at radius 2 is 2.00 bits per heavy atom. The lowest BCUT2D eigenvalue weighted by Crippen LogP contribution is -2.38.